The van der Waals surface area contributed by atoms with E-state index in [1.807, 2.05) is 19.2 Å². The molecule has 1 aliphatic heterocycles. The quantitative estimate of drug-likeness (QED) is 0.921. The number of aryl methyl sites for hydroxylation is 1. The molecule has 0 bridgehead atoms. The monoisotopic (exact) mass is 323 g/mol. The molecule has 0 aliphatic carbocycles. The van der Waals surface area contributed by atoms with Crippen LogP contribution in [0.15, 0.2) is 16.6 Å². The largest absolute Gasteiger partial charge is 0.493 e. The van der Waals surface area contributed by atoms with Gasteiger partial charge < -0.3 is 15.2 Å². The molecule has 2 N–H and O–H groups in total. The molecule has 0 radical (unpaired) electrons. The molecule has 0 atom stereocenters. The molecule has 0 unspecified atom stereocenters. The zero-order valence-electron chi connectivity index (χ0n) is 10.7. The van der Waals surface area contributed by atoms with E-state index < -0.39 is 0 Å². The fourth-order valence-corrected chi connectivity index (χ4v) is 2.95. The lowest BCUT2D eigenvalue weighted by molar-refractivity contribution is 0.326. The number of rotatable bonds is 2. The summed E-state index contributed by atoms with van der Waals surface area (Å²) in [5, 5.41) is 4.41. The Hall–Kier alpha value is -1.69. The van der Waals surface area contributed by atoms with Crippen LogP contribution in [0.4, 0.5) is 5.82 Å². The first-order valence-electron chi connectivity index (χ1n) is 5.94. The second-order valence-corrected chi connectivity index (χ2v) is 5.22. The van der Waals surface area contributed by atoms with Crippen molar-refractivity contribution in [2.24, 2.45) is 7.05 Å². The highest BCUT2D eigenvalue weighted by Crippen LogP contribution is 2.45. The number of hydrogen-bond acceptors (Lipinski definition) is 4. The van der Waals surface area contributed by atoms with Crippen molar-refractivity contribution in [1.29, 1.82) is 0 Å². The lowest BCUT2D eigenvalue weighted by atomic mass is 10.1. The Morgan fingerprint density at radius 3 is 2.89 bits per heavy atom. The summed E-state index contributed by atoms with van der Waals surface area (Å²) < 4.78 is 13.7. The predicted octanol–water partition coefficient (Wildman–Crippen LogP) is 2.38. The van der Waals surface area contributed by atoms with Crippen LogP contribution in [0.2, 0.25) is 0 Å². The molecule has 1 aromatic carbocycles. The van der Waals surface area contributed by atoms with Crippen LogP contribution >= 0.6 is 15.9 Å². The average Bonchev–Trinajstić information content (AvgIpc) is 2.99. The molecule has 2 heterocycles. The third kappa shape index (κ3) is 1.87. The lowest BCUT2D eigenvalue weighted by Gasteiger charge is -2.11. The molecule has 0 amide bonds. The molecule has 1 aliphatic rings. The summed E-state index contributed by atoms with van der Waals surface area (Å²) in [5.74, 6) is 2.18. The van der Waals surface area contributed by atoms with Gasteiger partial charge in [-0.05, 0) is 22.0 Å². The highest BCUT2D eigenvalue weighted by molar-refractivity contribution is 9.10. The molecule has 1 aromatic heterocycles. The summed E-state index contributed by atoms with van der Waals surface area (Å²) >= 11 is 3.64. The van der Waals surface area contributed by atoms with E-state index in [0.29, 0.717) is 12.4 Å². The number of nitrogens with two attached hydrogens (primary N) is 1. The first kappa shape index (κ1) is 12.3. The molecule has 6 heteroatoms. The number of nitrogen functional groups attached to an aromatic ring is 1. The maximum atomic E-state index is 5.84. The Morgan fingerprint density at radius 2 is 2.26 bits per heavy atom. The molecule has 2 aromatic rings. The number of methoxy groups -OCH3 is 1. The van der Waals surface area contributed by atoms with Gasteiger partial charge in [0.05, 0.1) is 19.4 Å². The zero-order chi connectivity index (χ0) is 13.6. The van der Waals surface area contributed by atoms with Crippen LogP contribution in [0, 0.1) is 0 Å². The third-order valence-corrected chi connectivity index (χ3v) is 4.19. The molecular formula is C13H14BrN3O2. The predicted molar refractivity (Wildman–Crippen MR) is 76.5 cm³/mol. The number of fused-ring (bicyclic) bond motifs is 1. The summed E-state index contributed by atoms with van der Waals surface area (Å²) in [4.78, 5) is 0. The molecule has 5 nitrogen and oxygen atoms in total. The van der Waals surface area contributed by atoms with E-state index in [-0.39, 0.29) is 0 Å². The second kappa shape index (κ2) is 4.45. The van der Waals surface area contributed by atoms with Crippen molar-refractivity contribution in [3.63, 3.8) is 0 Å². The molecular weight excluding hydrogens is 310 g/mol. The molecule has 3 rings (SSSR count). The summed E-state index contributed by atoms with van der Waals surface area (Å²) in [7, 11) is 3.46. The van der Waals surface area contributed by atoms with Crippen LogP contribution in [0.3, 0.4) is 0 Å². The van der Waals surface area contributed by atoms with Gasteiger partial charge in [0.1, 0.15) is 5.82 Å². The van der Waals surface area contributed by atoms with Gasteiger partial charge >= 0.3 is 0 Å². The number of anilines is 1. The number of nitrogens with zero attached hydrogens (tertiary/aromatic N) is 2. The molecule has 0 fully saturated rings. The fraction of sp³-hybridized carbons (Fsp3) is 0.308. The van der Waals surface area contributed by atoms with Crippen molar-refractivity contribution >= 4 is 21.7 Å². The molecule has 0 spiro atoms. The van der Waals surface area contributed by atoms with Crippen LogP contribution in [0.1, 0.15) is 5.56 Å². The summed E-state index contributed by atoms with van der Waals surface area (Å²) in [6, 6.07) is 3.78. The molecule has 0 saturated carbocycles. The zero-order valence-corrected chi connectivity index (χ0v) is 12.3. The van der Waals surface area contributed by atoms with E-state index in [2.05, 4.69) is 21.0 Å². The van der Waals surface area contributed by atoms with Crippen LogP contribution in [0.25, 0.3) is 11.3 Å². The normalized spacial score (nSPS) is 13.2. The van der Waals surface area contributed by atoms with Crippen LogP contribution < -0.4 is 15.2 Å². The van der Waals surface area contributed by atoms with Gasteiger partial charge in [0.25, 0.3) is 0 Å². The highest BCUT2D eigenvalue weighted by atomic mass is 79.9. The minimum absolute atomic E-state index is 0.623. The van der Waals surface area contributed by atoms with Crippen molar-refractivity contribution < 1.29 is 9.47 Å². The minimum Gasteiger partial charge on any atom is -0.493 e. The summed E-state index contributed by atoms with van der Waals surface area (Å²) in [6.45, 7) is 0.679. The van der Waals surface area contributed by atoms with E-state index in [0.717, 1.165) is 39.2 Å². The Morgan fingerprint density at radius 1 is 1.47 bits per heavy atom. The van der Waals surface area contributed by atoms with Gasteiger partial charge in [0.15, 0.2) is 11.5 Å². The number of halogens is 1. The second-order valence-electron chi connectivity index (χ2n) is 4.42. The smallest absolute Gasteiger partial charge is 0.165 e. The Kier molecular flexibility index (Phi) is 2.89. The molecule has 0 saturated heterocycles. The number of benzene rings is 1. The molecule has 100 valence electrons. The Labute approximate surface area is 119 Å². The fourth-order valence-electron chi connectivity index (χ4n) is 2.26. The summed E-state index contributed by atoms with van der Waals surface area (Å²) in [5.41, 5.74) is 8.75. The third-order valence-electron chi connectivity index (χ3n) is 3.29. The van der Waals surface area contributed by atoms with E-state index in [1.165, 1.54) is 0 Å². The highest BCUT2D eigenvalue weighted by Gasteiger charge is 2.24. The number of aromatic nitrogens is 2. The Balaban J connectivity index is 2.22. The van der Waals surface area contributed by atoms with E-state index in [9.17, 15) is 0 Å². The van der Waals surface area contributed by atoms with Gasteiger partial charge in [-0.2, -0.15) is 5.10 Å². The minimum atomic E-state index is 0.623. The van der Waals surface area contributed by atoms with Crippen LogP contribution in [0.5, 0.6) is 11.5 Å². The van der Waals surface area contributed by atoms with Gasteiger partial charge in [-0.25, -0.2) is 0 Å². The topological polar surface area (TPSA) is 62.3 Å². The number of hydrogen-bond donors (Lipinski definition) is 1. The van der Waals surface area contributed by atoms with E-state index in [4.69, 9.17) is 15.2 Å². The van der Waals surface area contributed by atoms with Gasteiger partial charge in [-0.15, -0.1) is 0 Å². The van der Waals surface area contributed by atoms with Gasteiger partial charge in [0, 0.05) is 35.1 Å². The van der Waals surface area contributed by atoms with Crippen molar-refractivity contribution in [1.82, 2.24) is 9.78 Å². The van der Waals surface area contributed by atoms with Crippen molar-refractivity contribution in [3.8, 4) is 22.8 Å². The SMILES string of the molecule is COc1cc(-c2cc(N)n(C)n2)c(Br)c2c1OCC2. The maximum absolute atomic E-state index is 5.84. The van der Waals surface area contributed by atoms with Crippen molar-refractivity contribution in [2.75, 3.05) is 19.5 Å². The molecule has 19 heavy (non-hydrogen) atoms. The lowest BCUT2D eigenvalue weighted by Crippen LogP contribution is -1.97. The van der Waals surface area contributed by atoms with Crippen LogP contribution in [-0.2, 0) is 13.5 Å². The average molecular weight is 324 g/mol. The van der Waals surface area contributed by atoms with Gasteiger partial charge in [0.2, 0.25) is 0 Å². The number of ether oxygens (including phenoxy) is 2. The van der Waals surface area contributed by atoms with E-state index >= 15 is 0 Å². The van der Waals surface area contributed by atoms with Crippen molar-refractivity contribution in [3.05, 3.63) is 22.2 Å². The van der Waals surface area contributed by atoms with Crippen molar-refractivity contribution in [2.45, 2.75) is 6.42 Å². The first-order valence-corrected chi connectivity index (χ1v) is 6.73. The summed E-state index contributed by atoms with van der Waals surface area (Å²) in [6.07, 6.45) is 0.864. The Bertz CT molecular complexity index is 632. The standard InChI is InChI=1S/C13H14BrN3O2/c1-17-11(15)6-9(16-17)8-5-10(18-2)13-7(12(8)14)3-4-19-13/h5-6H,3-4,15H2,1-2H3. The first-order chi connectivity index (χ1) is 9.11. The van der Waals surface area contributed by atoms with Gasteiger partial charge in [-0.1, -0.05) is 0 Å². The van der Waals surface area contributed by atoms with E-state index in [1.54, 1.807) is 11.8 Å². The maximum Gasteiger partial charge on any atom is 0.165 e. The van der Waals surface area contributed by atoms with Crippen LogP contribution in [-0.4, -0.2) is 23.5 Å². The van der Waals surface area contributed by atoms with Gasteiger partial charge in [-0.3, -0.25) is 4.68 Å².